The summed E-state index contributed by atoms with van der Waals surface area (Å²) in [7, 11) is 0. The Morgan fingerprint density at radius 1 is 0.714 bits per heavy atom. The van der Waals surface area contributed by atoms with Gasteiger partial charge in [-0.25, -0.2) is 0 Å². The highest BCUT2D eigenvalue weighted by atomic mass is 16.2. The average Bonchev–Trinajstić information content (AvgIpc) is 2.83. The van der Waals surface area contributed by atoms with E-state index in [9.17, 15) is 9.59 Å². The van der Waals surface area contributed by atoms with Crippen LogP contribution in [0.3, 0.4) is 0 Å². The van der Waals surface area contributed by atoms with E-state index in [4.69, 9.17) is 11.5 Å². The molecule has 0 radical (unpaired) electrons. The van der Waals surface area contributed by atoms with Crippen LogP contribution in [0.15, 0.2) is 0 Å². The maximum absolute atomic E-state index is 13.0. The third-order valence-electron chi connectivity index (χ3n) is 8.43. The Labute approximate surface area is 212 Å². The van der Waals surface area contributed by atoms with Crippen LogP contribution in [0.5, 0.6) is 0 Å². The number of hydrogen-bond acceptors (Lipinski definition) is 6. The molecule has 4 saturated carbocycles. The lowest BCUT2D eigenvalue weighted by atomic mass is 9.49. The largest absolute Gasteiger partial charge is 0.356 e. The van der Waals surface area contributed by atoms with E-state index < -0.39 is 6.04 Å². The molecule has 1 unspecified atom stereocenters. The van der Waals surface area contributed by atoms with Crippen LogP contribution in [0.25, 0.3) is 0 Å². The molecule has 0 spiro atoms. The normalized spacial score (nSPS) is 27.7. The molecular weight excluding hydrogens is 440 g/mol. The van der Waals surface area contributed by atoms with Crippen LogP contribution in [-0.4, -0.2) is 63.7 Å². The lowest BCUT2D eigenvalue weighted by molar-refractivity contribution is -0.146. The summed E-state index contributed by atoms with van der Waals surface area (Å²) in [5.41, 5.74) is 11.5. The van der Waals surface area contributed by atoms with E-state index in [1.807, 2.05) is 0 Å². The third-order valence-corrected chi connectivity index (χ3v) is 8.43. The lowest BCUT2D eigenvalue weighted by Gasteiger charge is -2.55. The molecule has 4 rings (SSSR count). The maximum atomic E-state index is 13.0. The van der Waals surface area contributed by atoms with Crippen molar-refractivity contribution in [3.63, 3.8) is 0 Å². The fourth-order valence-electron chi connectivity index (χ4n) is 6.93. The molecule has 0 heterocycles. The minimum Gasteiger partial charge on any atom is -0.356 e. The van der Waals surface area contributed by atoms with Gasteiger partial charge in [-0.2, -0.15) is 0 Å². The van der Waals surface area contributed by atoms with Gasteiger partial charge in [0.2, 0.25) is 11.8 Å². The summed E-state index contributed by atoms with van der Waals surface area (Å²) in [5, 5.41) is 13.0. The molecule has 8 N–H and O–H groups in total. The molecule has 1 atom stereocenters. The van der Waals surface area contributed by atoms with Crippen LogP contribution in [-0.2, 0) is 9.59 Å². The minimum atomic E-state index is -0.464. The fraction of sp³-hybridized carbons (Fsp3) is 0.926. The predicted molar refractivity (Wildman–Crippen MR) is 142 cm³/mol. The number of carbonyl (C=O) groups is 2. The van der Waals surface area contributed by atoms with Crippen LogP contribution in [0.2, 0.25) is 0 Å². The van der Waals surface area contributed by atoms with Crippen molar-refractivity contribution in [1.82, 2.24) is 21.3 Å². The van der Waals surface area contributed by atoms with Gasteiger partial charge in [0.15, 0.2) is 0 Å². The first-order chi connectivity index (χ1) is 17.0. The van der Waals surface area contributed by atoms with Crippen LogP contribution >= 0.6 is 0 Å². The molecule has 2 amide bonds. The topological polar surface area (TPSA) is 134 Å². The van der Waals surface area contributed by atoms with Crippen molar-refractivity contribution in [2.75, 3.05) is 45.8 Å². The predicted octanol–water partition coefficient (Wildman–Crippen LogP) is 1.63. The molecule has 8 heteroatoms. The Hall–Kier alpha value is -1.22. The van der Waals surface area contributed by atoms with E-state index in [0.717, 1.165) is 108 Å². The van der Waals surface area contributed by atoms with Crippen molar-refractivity contribution in [2.45, 2.75) is 89.5 Å². The Bertz CT molecular complexity index is 608. The number of amides is 2. The van der Waals surface area contributed by atoms with Gasteiger partial charge in [0.05, 0.1) is 6.04 Å². The summed E-state index contributed by atoms with van der Waals surface area (Å²) in [6.07, 6.45) is 14.1. The van der Waals surface area contributed by atoms with Crippen LogP contribution < -0.4 is 32.7 Å². The molecule has 0 aromatic heterocycles. The highest BCUT2D eigenvalue weighted by molar-refractivity contribution is 5.83. The summed E-state index contributed by atoms with van der Waals surface area (Å²) < 4.78 is 0. The summed E-state index contributed by atoms with van der Waals surface area (Å²) in [4.78, 5) is 25.2. The van der Waals surface area contributed by atoms with Gasteiger partial charge in [-0.1, -0.05) is 0 Å². The highest BCUT2D eigenvalue weighted by Gasteiger charge is 2.54. The number of hydrogen-bond donors (Lipinski definition) is 6. The van der Waals surface area contributed by atoms with Gasteiger partial charge in [-0.15, -0.1) is 0 Å². The first kappa shape index (κ1) is 28.4. The molecule has 0 aromatic rings. The summed E-state index contributed by atoms with van der Waals surface area (Å²) >= 11 is 0. The van der Waals surface area contributed by atoms with E-state index in [2.05, 4.69) is 21.3 Å². The Kier molecular flexibility index (Phi) is 12.3. The Morgan fingerprint density at radius 2 is 1.23 bits per heavy atom. The second-order valence-corrected chi connectivity index (χ2v) is 11.5. The maximum Gasteiger partial charge on any atom is 0.236 e. The average molecular weight is 493 g/mol. The van der Waals surface area contributed by atoms with Gasteiger partial charge < -0.3 is 32.7 Å². The van der Waals surface area contributed by atoms with Gasteiger partial charge in [0.25, 0.3) is 0 Å². The standard InChI is InChI=1S/C27H52N6O2/c28-8-5-11-30-9-3-4-10-31-12-6-14-32-25(34)24(29)7-1-2-13-33-26(35)27-18-21-15-22(19-27)17-23(16-21)20-27/h21-24,30-31H,1-20,28-29H2,(H,32,34)(H,33,35). The molecule has 8 nitrogen and oxygen atoms in total. The van der Waals surface area contributed by atoms with Crippen LogP contribution in [0, 0.1) is 23.2 Å². The van der Waals surface area contributed by atoms with Crippen LogP contribution in [0.1, 0.15) is 83.5 Å². The Morgan fingerprint density at radius 3 is 1.83 bits per heavy atom. The quantitative estimate of drug-likeness (QED) is 0.152. The van der Waals surface area contributed by atoms with Gasteiger partial charge in [0, 0.05) is 18.5 Å². The first-order valence-electron chi connectivity index (χ1n) is 14.5. The molecule has 202 valence electrons. The van der Waals surface area contributed by atoms with Crippen molar-refractivity contribution in [3.8, 4) is 0 Å². The van der Waals surface area contributed by atoms with Gasteiger partial charge >= 0.3 is 0 Å². The zero-order chi connectivity index (χ0) is 24.9. The first-order valence-corrected chi connectivity index (χ1v) is 14.5. The highest BCUT2D eigenvalue weighted by Crippen LogP contribution is 2.60. The lowest BCUT2D eigenvalue weighted by Crippen LogP contribution is -2.53. The van der Waals surface area contributed by atoms with Crippen molar-refractivity contribution < 1.29 is 9.59 Å². The molecule has 4 bridgehead atoms. The van der Waals surface area contributed by atoms with Crippen molar-refractivity contribution in [1.29, 1.82) is 0 Å². The molecular formula is C27H52N6O2. The number of nitrogens with one attached hydrogen (secondary N) is 4. The number of unbranched alkanes of at least 4 members (excludes halogenated alkanes) is 2. The third kappa shape index (κ3) is 9.30. The zero-order valence-electron chi connectivity index (χ0n) is 21.9. The smallest absolute Gasteiger partial charge is 0.236 e. The van der Waals surface area contributed by atoms with E-state index in [1.54, 1.807) is 0 Å². The molecule has 4 aliphatic carbocycles. The molecule has 0 saturated heterocycles. The van der Waals surface area contributed by atoms with Gasteiger partial charge in [-0.05, 0) is 134 Å². The molecule has 0 aliphatic heterocycles. The summed E-state index contributed by atoms with van der Waals surface area (Å²) in [6.45, 7) is 6.06. The second-order valence-electron chi connectivity index (χ2n) is 11.5. The van der Waals surface area contributed by atoms with Crippen molar-refractivity contribution in [3.05, 3.63) is 0 Å². The molecule has 4 aliphatic rings. The fourth-order valence-corrected chi connectivity index (χ4v) is 6.93. The number of rotatable bonds is 19. The van der Waals surface area contributed by atoms with Crippen molar-refractivity contribution >= 4 is 11.8 Å². The number of nitrogens with two attached hydrogens (primary N) is 2. The van der Waals surface area contributed by atoms with Crippen LogP contribution in [0.4, 0.5) is 0 Å². The van der Waals surface area contributed by atoms with Crippen molar-refractivity contribution in [2.24, 2.45) is 34.6 Å². The van der Waals surface area contributed by atoms with E-state index in [1.165, 1.54) is 19.3 Å². The molecule has 0 aromatic carbocycles. The second kappa shape index (κ2) is 15.1. The van der Waals surface area contributed by atoms with Gasteiger partial charge in [-0.3, -0.25) is 9.59 Å². The Balaban J connectivity index is 1.13. The van der Waals surface area contributed by atoms with Gasteiger partial charge in [0.1, 0.15) is 0 Å². The zero-order valence-corrected chi connectivity index (χ0v) is 21.9. The summed E-state index contributed by atoms with van der Waals surface area (Å²) in [6, 6.07) is -0.464. The van der Waals surface area contributed by atoms with E-state index in [-0.39, 0.29) is 11.3 Å². The number of carbonyl (C=O) groups excluding carboxylic acids is 2. The molecule has 4 fully saturated rings. The summed E-state index contributed by atoms with van der Waals surface area (Å²) in [5.74, 6) is 2.60. The monoisotopic (exact) mass is 492 g/mol. The molecule has 35 heavy (non-hydrogen) atoms. The minimum absolute atomic E-state index is 0.0637. The van der Waals surface area contributed by atoms with E-state index >= 15 is 0 Å². The van der Waals surface area contributed by atoms with E-state index in [0.29, 0.717) is 25.4 Å². The SMILES string of the molecule is NCCCNCCCCNCCCNC(=O)C(N)CCCCNC(=O)C12CC3CC(CC(C3)C1)C2.